The summed E-state index contributed by atoms with van der Waals surface area (Å²) in [7, 11) is 0. The number of anilines is 1. The molecule has 1 saturated carbocycles. The number of aromatic nitrogens is 1. The molecule has 102 valence electrons. The first kappa shape index (κ1) is 13.3. The molecule has 19 heavy (non-hydrogen) atoms. The molecule has 1 aliphatic carbocycles. The molecule has 1 aromatic rings. The quantitative estimate of drug-likeness (QED) is 0.776. The molecule has 6 nitrogen and oxygen atoms in total. The lowest BCUT2D eigenvalue weighted by Crippen LogP contribution is -2.53. The Morgan fingerprint density at radius 3 is 2.58 bits per heavy atom. The molecule has 0 saturated heterocycles. The Balaban J connectivity index is 2.02. The van der Waals surface area contributed by atoms with Crippen molar-refractivity contribution in [1.82, 2.24) is 10.3 Å². The second-order valence-electron chi connectivity index (χ2n) is 4.92. The Morgan fingerprint density at radius 2 is 2.00 bits per heavy atom. The maximum absolute atomic E-state index is 11.9. The Kier molecular flexibility index (Phi) is 3.69. The summed E-state index contributed by atoms with van der Waals surface area (Å²) in [6, 6.07) is 1.27. The van der Waals surface area contributed by atoms with Crippen molar-refractivity contribution in [2.24, 2.45) is 0 Å². The first-order valence-corrected chi connectivity index (χ1v) is 6.26. The zero-order valence-corrected chi connectivity index (χ0v) is 10.8. The molecule has 6 heteroatoms. The first-order chi connectivity index (χ1) is 9.02. The molecule has 3 N–H and O–H groups in total. The van der Waals surface area contributed by atoms with Gasteiger partial charge in [-0.2, -0.15) is 0 Å². The minimum atomic E-state index is -1.12. The zero-order valence-electron chi connectivity index (χ0n) is 10.8. The molecule has 2 rings (SSSR count). The highest BCUT2D eigenvalue weighted by molar-refractivity contribution is 5.94. The van der Waals surface area contributed by atoms with E-state index < -0.39 is 17.5 Å². The summed E-state index contributed by atoms with van der Waals surface area (Å²) in [4.78, 5) is 27.1. The van der Waals surface area contributed by atoms with Crippen LogP contribution in [0, 0.1) is 6.92 Å². The molecule has 0 radical (unpaired) electrons. The second kappa shape index (κ2) is 5.26. The average molecular weight is 263 g/mol. The Labute approximate surface area is 111 Å². The minimum absolute atomic E-state index is 0.474. The molecular formula is C13H17N3O3. The molecule has 1 aromatic heterocycles. The standard InChI is InChI=1S/C13H17N3O3/c1-9-6-10(8-14-7-9)15-12(19)16-13(11(17)18)4-2-3-5-13/h6-8H,2-5H2,1H3,(H,17,18)(H2,15,16,19). The van der Waals surface area contributed by atoms with Gasteiger partial charge in [-0.25, -0.2) is 9.59 Å². The minimum Gasteiger partial charge on any atom is -0.480 e. The van der Waals surface area contributed by atoms with Crippen LogP contribution in [0.1, 0.15) is 31.2 Å². The van der Waals surface area contributed by atoms with E-state index in [-0.39, 0.29) is 0 Å². The van der Waals surface area contributed by atoms with Crippen LogP contribution in [-0.4, -0.2) is 27.6 Å². The molecule has 1 aliphatic rings. The van der Waals surface area contributed by atoms with Gasteiger partial charge >= 0.3 is 12.0 Å². The highest BCUT2D eigenvalue weighted by Gasteiger charge is 2.42. The van der Waals surface area contributed by atoms with Crippen LogP contribution in [0.4, 0.5) is 10.5 Å². The summed E-state index contributed by atoms with van der Waals surface area (Å²) in [6.45, 7) is 1.87. The van der Waals surface area contributed by atoms with Gasteiger partial charge in [0.05, 0.1) is 11.9 Å². The van der Waals surface area contributed by atoms with E-state index in [0.717, 1.165) is 18.4 Å². The van der Waals surface area contributed by atoms with Gasteiger partial charge in [-0.3, -0.25) is 4.98 Å². The van der Waals surface area contributed by atoms with Crippen LogP contribution in [0.15, 0.2) is 18.5 Å². The summed E-state index contributed by atoms with van der Waals surface area (Å²) < 4.78 is 0. The average Bonchev–Trinajstić information content (AvgIpc) is 2.78. The van der Waals surface area contributed by atoms with Gasteiger partial charge in [0, 0.05) is 6.20 Å². The van der Waals surface area contributed by atoms with Gasteiger partial charge in [-0.05, 0) is 31.4 Å². The number of hydrogen-bond donors (Lipinski definition) is 3. The van der Waals surface area contributed by atoms with Gasteiger partial charge < -0.3 is 15.7 Å². The number of carboxylic acids is 1. The fraction of sp³-hybridized carbons (Fsp3) is 0.462. The number of carbonyl (C=O) groups excluding carboxylic acids is 1. The number of amides is 2. The number of urea groups is 1. The fourth-order valence-electron chi connectivity index (χ4n) is 2.37. The molecule has 0 atom stereocenters. The van der Waals surface area contributed by atoms with Crippen LogP contribution < -0.4 is 10.6 Å². The maximum atomic E-state index is 11.9. The third kappa shape index (κ3) is 3.01. The molecule has 1 fully saturated rings. The van der Waals surface area contributed by atoms with Crippen LogP contribution in [0.2, 0.25) is 0 Å². The highest BCUT2D eigenvalue weighted by Crippen LogP contribution is 2.29. The highest BCUT2D eigenvalue weighted by atomic mass is 16.4. The van der Waals surface area contributed by atoms with Crippen LogP contribution in [0.25, 0.3) is 0 Å². The summed E-state index contributed by atoms with van der Waals surface area (Å²) in [5.41, 5.74) is 0.351. The number of hydrogen-bond acceptors (Lipinski definition) is 3. The van der Waals surface area contributed by atoms with E-state index in [0.29, 0.717) is 18.5 Å². The molecule has 0 spiro atoms. The molecule has 0 aliphatic heterocycles. The zero-order chi connectivity index (χ0) is 13.9. The predicted octanol–water partition coefficient (Wildman–Crippen LogP) is 1.91. The van der Waals surface area contributed by atoms with Crippen LogP contribution in [-0.2, 0) is 4.79 Å². The number of rotatable bonds is 3. The van der Waals surface area contributed by atoms with Gasteiger partial charge in [0.25, 0.3) is 0 Å². The number of carbonyl (C=O) groups is 2. The van der Waals surface area contributed by atoms with Crippen molar-refractivity contribution in [3.05, 3.63) is 24.0 Å². The lowest BCUT2D eigenvalue weighted by Gasteiger charge is -2.25. The lowest BCUT2D eigenvalue weighted by molar-refractivity contribution is -0.144. The topological polar surface area (TPSA) is 91.3 Å². The van der Waals surface area contributed by atoms with Crippen molar-refractivity contribution in [3.63, 3.8) is 0 Å². The van der Waals surface area contributed by atoms with Gasteiger partial charge in [0.2, 0.25) is 0 Å². The maximum Gasteiger partial charge on any atom is 0.329 e. The van der Waals surface area contributed by atoms with E-state index in [9.17, 15) is 14.7 Å². The van der Waals surface area contributed by atoms with Crippen molar-refractivity contribution in [3.8, 4) is 0 Å². The van der Waals surface area contributed by atoms with E-state index >= 15 is 0 Å². The number of carboxylic acid groups (broad SMARTS) is 1. The SMILES string of the molecule is Cc1cncc(NC(=O)NC2(C(=O)O)CCCC2)c1. The fourth-order valence-corrected chi connectivity index (χ4v) is 2.37. The number of nitrogens with one attached hydrogen (secondary N) is 2. The van der Waals surface area contributed by atoms with E-state index in [2.05, 4.69) is 15.6 Å². The number of aryl methyl sites for hydroxylation is 1. The summed E-state index contributed by atoms with van der Waals surface area (Å²) in [5.74, 6) is -0.970. The van der Waals surface area contributed by atoms with Crippen molar-refractivity contribution < 1.29 is 14.7 Å². The molecule has 1 heterocycles. The van der Waals surface area contributed by atoms with Crippen LogP contribution in [0.3, 0.4) is 0 Å². The second-order valence-corrected chi connectivity index (χ2v) is 4.92. The van der Waals surface area contributed by atoms with E-state index in [1.807, 2.05) is 6.92 Å². The third-order valence-corrected chi connectivity index (χ3v) is 3.35. The van der Waals surface area contributed by atoms with E-state index in [4.69, 9.17) is 0 Å². The number of nitrogens with zero attached hydrogens (tertiary/aromatic N) is 1. The Bertz CT molecular complexity index is 496. The number of aliphatic carboxylic acids is 1. The molecule has 0 bridgehead atoms. The van der Waals surface area contributed by atoms with Crippen molar-refractivity contribution in [2.75, 3.05) is 5.32 Å². The normalized spacial score (nSPS) is 16.9. The van der Waals surface area contributed by atoms with E-state index in [1.165, 1.54) is 6.20 Å². The number of pyridine rings is 1. The Morgan fingerprint density at radius 1 is 1.32 bits per heavy atom. The molecular weight excluding hydrogens is 246 g/mol. The van der Waals surface area contributed by atoms with Gasteiger partial charge in [-0.1, -0.05) is 12.8 Å². The monoisotopic (exact) mass is 263 g/mol. The summed E-state index contributed by atoms with van der Waals surface area (Å²) in [6.07, 6.45) is 5.79. The predicted molar refractivity (Wildman–Crippen MR) is 70.0 cm³/mol. The van der Waals surface area contributed by atoms with Crippen molar-refractivity contribution >= 4 is 17.7 Å². The smallest absolute Gasteiger partial charge is 0.329 e. The molecule has 2 amide bonds. The molecule has 0 aromatic carbocycles. The van der Waals surface area contributed by atoms with Crippen molar-refractivity contribution in [1.29, 1.82) is 0 Å². The first-order valence-electron chi connectivity index (χ1n) is 6.26. The van der Waals surface area contributed by atoms with Gasteiger partial charge in [0.15, 0.2) is 0 Å². The lowest BCUT2D eigenvalue weighted by atomic mass is 9.98. The van der Waals surface area contributed by atoms with Gasteiger partial charge in [0.1, 0.15) is 5.54 Å². The van der Waals surface area contributed by atoms with Crippen LogP contribution >= 0.6 is 0 Å². The summed E-state index contributed by atoms with van der Waals surface area (Å²) in [5, 5.41) is 14.5. The van der Waals surface area contributed by atoms with Crippen LogP contribution in [0.5, 0.6) is 0 Å². The molecule has 0 unspecified atom stereocenters. The summed E-state index contributed by atoms with van der Waals surface area (Å²) >= 11 is 0. The van der Waals surface area contributed by atoms with Crippen molar-refractivity contribution in [2.45, 2.75) is 38.1 Å². The van der Waals surface area contributed by atoms with E-state index in [1.54, 1.807) is 12.3 Å². The third-order valence-electron chi connectivity index (χ3n) is 3.35. The van der Waals surface area contributed by atoms with Gasteiger partial charge in [-0.15, -0.1) is 0 Å². The Hall–Kier alpha value is -2.11. The largest absolute Gasteiger partial charge is 0.480 e.